The van der Waals surface area contributed by atoms with Crippen LogP contribution in [0.4, 0.5) is 5.00 Å². The van der Waals surface area contributed by atoms with E-state index < -0.39 is 10.8 Å². The maximum atomic E-state index is 13.5. The van der Waals surface area contributed by atoms with E-state index in [1.165, 1.54) is 11.3 Å². The third kappa shape index (κ3) is 5.96. The number of aryl methyl sites for hydroxylation is 1. The molecule has 0 radical (unpaired) electrons. The van der Waals surface area contributed by atoms with E-state index >= 15 is 0 Å². The van der Waals surface area contributed by atoms with Gasteiger partial charge in [0, 0.05) is 26.8 Å². The minimum absolute atomic E-state index is 0.0944. The first-order chi connectivity index (χ1) is 16.9. The fourth-order valence-electron chi connectivity index (χ4n) is 3.73. The molecule has 4 rings (SSSR count). The second kappa shape index (κ2) is 11.1. The van der Waals surface area contributed by atoms with E-state index in [9.17, 15) is 13.8 Å². The zero-order valence-corrected chi connectivity index (χ0v) is 21.7. The first-order valence-corrected chi connectivity index (χ1v) is 13.6. The highest BCUT2D eigenvalue weighted by molar-refractivity contribution is 7.85. The molecular formula is C28H24ClNO3S2. The van der Waals surface area contributed by atoms with Gasteiger partial charge in [-0.05, 0) is 53.9 Å². The molecule has 1 heterocycles. The Labute approximate surface area is 216 Å². The van der Waals surface area contributed by atoms with Crippen molar-refractivity contribution in [2.24, 2.45) is 0 Å². The molecule has 4 nitrogen and oxygen atoms in total. The Morgan fingerprint density at radius 1 is 0.971 bits per heavy atom. The van der Waals surface area contributed by atoms with Crippen LogP contribution in [0.5, 0.6) is 0 Å². The molecule has 4 aromatic rings. The highest BCUT2D eigenvalue weighted by Gasteiger charge is 2.21. The minimum atomic E-state index is -1.03. The van der Waals surface area contributed by atoms with E-state index in [0.29, 0.717) is 26.2 Å². The first kappa shape index (κ1) is 25.0. The molecule has 1 aromatic heterocycles. The van der Waals surface area contributed by atoms with E-state index in [1.54, 1.807) is 18.2 Å². The van der Waals surface area contributed by atoms with E-state index in [1.807, 2.05) is 74.5 Å². The van der Waals surface area contributed by atoms with Gasteiger partial charge in [0.1, 0.15) is 0 Å². The van der Waals surface area contributed by atoms with Gasteiger partial charge in [-0.1, -0.05) is 67.1 Å². The average molecular weight is 522 g/mol. The van der Waals surface area contributed by atoms with Crippen molar-refractivity contribution in [3.8, 4) is 11.1 Å². The predicted octanol–water partition coefficient (Wildman–Crippen LogP) is 6.92. The van der Waals surface area contributed by atoms with Gasteiger partial charge in [0.05, 0.1) is 27.1 Å². The van der Waals surface area contributed by atoms with Gasteiger partial charge in [0.15, 0.2) is 0 Å². The number of carbonyl (C=O) groups excluding carboxylic acids is 2. The van der Waals surface area contributed by atoms with Crippen molar-refractivity contribution in [3.63, 3.8) is 0 Å². The molecule has 0 saturated heterocycles. The number of carbonyl (C=O) groups is 2. The second-order valence-electron chi connectivity index (χ2n) is 8.01. The number of amides is 1. The van der Waals surface area contributed by atoms with Crippen LogP contribution in [-0.2, 0) is 22.0 Å². The lowest BCUT2D eigenvalue weighted by molar-refractivity contribution is -0.115. The van der Waals surface area contributed by atoms with Crippen LogP contribution in [-0.4, -0.2) is 21.7 Å². The zero-order valence-electron chi connectivity index (χ0n) is 19.3. The van der Waals surface area contributed by atoms with Gasteiger partial charge in [-0.15, -0.1) is 11.3 Å². The van der Waals surface area contributed by atoms with Crippen LogP contribution in [0.3, 0.4) is 0 Å². The standard InChI is InChI=1S/C28H24ClNO3S2/c1-3-35(33)22-13-11-19(12-14-22)15-25(31)30-26-17-24(20-8-6-9-21(29)16-20)28(34-26)27(32)23-10-5-4-7-18(23)2/h4-14,16-17H,3,15H2,1-2H3,(H,30,31). The van der Waals surface area contributed by atoms with Crippen LogP contribution in [0.2, 0.25) is 5.02 Å². The van der Waals surface area contributed by atoms with Gasteiger partial charge in [-0.2, -0.15) is 0 Å². The SMILES string of the molecule is CCS(=O)c1ccc(CC(=O)Nc2cc(-c3cccc(Cl)c3)c(C(=O)c3ccccc3C)s2)cc1. The largest absolute Gasteiger partial charge is 0.317 e. The maximum absolute atomic E-state index is 13.5. The fourth-order valence-corrected chi connectivity index (χ4v) is 5.75. The number of thiophene rings is 1. The molecule has 178 valence electrons. The number of anilines is 1. The lowest BCUT2D eigenvalue weighted by atomic mass is 9.99. The van der Waals surface area contributed by atoms with E-state index in [2.05, 4.69) is 5.32 Å². The highest BCUT2D eigenvalue weighted by atomic mass is 35.5. The van der Waals surface area contributed by atoms with Crippen molar-refractivity contribution in [2.75, 3.05) is 11.1 Å². The summed E-state index contributed by atoms with van der Waals surface area (Å²) in [7, 11) is -1.03. The Hall–Kier alpha value is -3.06. The molecule has 1 atom stereocenters. The van der Waals surface area contributed by atoms with Crippen molar-refractivity contribution in [1.82, 2.24) is 0 Å². The Morgan fingerprint density at radius 3 is 2.40 bits per heavy atom. The molecule has 1 amide bonds. The van der Waals surface area contributed by atoms with Crippen molar-refractivity contribution < 1.29 is 13.8 Å². The molecule has 3 aromatic carbocycles. The fraction of sp³-hybridized carbons (Fsp3) is 0.143. The second-order valence-corrected chi connectivity index (χ2v) is 11.2. The predicted molar refractivity (Wildman–Crippen MR) is 145 cm³/mol. The molecule has 1 N–H and O–H groups in total. The first-order valence-electron chi connectivity index (χ1n) is 11.1. The average Bonchev–Trinajstić information content (AvgIpc) is 3.27. The number of halogens is 1. The van der Waals surface area contributed by atoms with Crippen LogP contribution in [0, 0.1) is 6.92 Å². The van der Waals surface area contributed by atoms with Gasteiger partial charge in [0.25, 0.3) is 0 Å². The van der Waals surface area contributed by atoms with Gasteiger partial charge in [0.2, 0.25) is 11.7 Å². The number of nitrogens with one attached hydrogen (secondary N) is 1. The summed E-state index contributed by atoms with van der Waals surface area (Å²) in [4.78, 5) is 27.6. The topological polar surface area (TPSA) is 63.2 Å². The molecule has 0 aliphatic carbocycles. The van der Waals surface area contributed by atoms with E-state index in [-0.39, 0.29) is 18.1 Å². The van der Waals surface area contributed by atoms with Crippen LogP contribution in [0.15, 0.2) is 83.8 Å². The Kier molecular flexibility index (Phi) is 7.96. The number of ketones is 1. The molecule has 0 aliphatic rings. The molecule has 7 heteroatoms. The smallest absolute Gasteiger partial charge is 0.229 e. The Balaban J connectivity index is 1.61. The molecule has 0 bridgehead atoms. The van der Waals surface area contributed by atoms with Crippen molar-refractivity contribution in [1.29, 1.82) is 0 Å². The Morgan fingerprint density at radius 2 is 1.71 bits per heavy atom. The molecule has 0 aliphatic heterocycles. The third-order valence-corrected chi connectivity index (χ3v) is 8.15. The summed E-state index contributed by atoms with van der Waals surface area (Å²) in [5.41, 5.74) is 3.88. The number of benzene rings is 3. The van der Waals surface area contributed by atoms with Crippen LogP contribution < -0.4 is 5.32 Å². The van der Waals surface area contributed by atoms with Crippen molar-refractivity contribution in [2.45, 2.75) is 25.2 Å². The quantitative estimate of drug-likeness (QED) is 0.256. The summed E-state index contributed by atoms with van der Waals surface area (Å²) in [6.45, 7) is 3.78. The normalized spacial score (nSPS) is 11.7. The summed E-state index contributed by atoms with van der Waals surface area (Å²) in [5.74, 6) is 0.266. The van der Waals surface area contributed by atoms with Gasteiger partial charge in [-0.3, -0.25) is 13.8 Å². The van der Waals surface area contributed by atoms with Crippen molar-refractivity contribution in [3.05, 3.63) is 105 Å². The monoisotopic (exact) mass is 521 g/mol. The Bertz CT molecular complexity index is 1410. The summed E-state index contributed by atoms with van der Waals surface area (Å²) < 4.78 is 11.9. The zero-order chi connectivity index (χ0) is 24.9. The lowest BCUT2D eigenvalue weighted by Crippen LogP contribution is -2.13. The molecule has 0 spiro atoms. The molecular weight excluding hydrogens is 498 g/mol. The van der Waals surface area contributed by atoms with Crippen LogP contribution in [0.1, 0.15) is 33.3 Å². The third-order valence-electron chi connectivity index (χ3n) is 5.54. The van der Waals surface area contributed by atoms with Crippen LogP contribution >= 0.6 is 22.9 Å². The number of hydrogen-bond acceptors (Lipinski definition) is 4. The number of hydrogen-bond donors (Lipinski definition) is 1. The molecule has 0 saturated carbocycles. The molecule has 1 unspecified atom stereocenters. The minimum Gasteiger partial charge on any atom is -0.317 e. The van der Waals surface area contributed by atoms with Gasteiger partial charge < -0.3 is 5.32 Å². The van der Waals surface area contributed by atoms with Crippen LogP contribution in [0.25, 0.3) is 11.1 Å². The summed E-state index contributed by atoms with van der Waals surface area (Å²) in [6.07, 6.45) is 0.171. The summed E-state index contributed by atoms with van der Waals surface area (Å²) >= 11 is 7.48. The number of rotatable bonds is 8. The lowest BCUT2D eigenvalue weighted by Gasteiger charge is -2.06. The van der Waals surface area contributed by atoms with E-state index in [4.69, 9.17) is 11.6 Å². The van der Waals surface area contributed by atoms with Gasteiger partial charge in [-0.25, -0.2) is 0 Å². The molecule has 0 fully saturated rings. The van der Waals surface area contributed by atoms with Gasteiger partial charge >= 0.3 is 0 Å². The summed E-state index contributed by atoms with van der Waals surface area (Å²) in [6, 6.07) is 23.9. The highest BCUT2D eigenvalue weighted by Crippen LogP contribution is 2.37. The van der Waals surface area contributed by atoms with E-state index in [0.717, 1.165) is 27.1 Å². The maximum Gasteiger partial charge on any atom is 0.229 e. The molecule has 35 heavy (non-hydrogen) atoms. The van der Waals surface area contributed by atoms with Crippen molar-refractivity contribution >= 4 is 50.4 Å². The summed E-state index contributed by atoms with van der Waals surface area (Å²) in [5, 5.41) is 4.10.